The molecule has 0 aromatic rings. The minimum absolute atomic E-state index is 0.233. The Kier molecular flexibility index (Phi) is 7.13. The normalized spacial score (nSPS) is 12.3. The Morgan fingerprint density at radius 3 is 2.21 bits per heavy atom. The fraction of sp³-hybridized carbons (Fsp3) is 1.00. The van der Waals surface area contributed by atoms with Crippen LogP contribution in [0.25, 0.3) is 0 Å². The summed E-state index contributed by atoms with van der Waals surface area (Å²) in [5, 5.41) is 0. The molecule has 0 unspecified atom stereocenters. The molecule has 0 spiro atoms. The molecule has 5 heteroatoms. The van der Waals surface area contributed by atoms with Gasteiger partial charge in [-0.25, -0.2) is 12.7 Å². The Morgan fingerprint density at radius 1 is 1.14 bits per heavy atom. The molecule has 0 fully saturated rings. The lowest BCUT2D eigenvalue weighted by Gasteiger charge is -2.20. The number of nitrogens with zero attached hydrogens (tertiary/aromatic N) is 1. The number of sulfonamides is 1. The Labute approximate surface area is 87.5 Å². The van der Waals surface area contributed by atoms with Crippen LogP contribution < -0.4 is 5.73 Å². The van der Waals surface area contributed by atoms with Crippen LogP contribution in [-0.2, 0) is 10.0 Å². The van der Waals surface area contributed by atoms with E-state index in [0.29, 0.717) is 26.1 Å². The highest BCUT2D eigenvalue weighted by Gasteiger charge is 2.19. The SMILES string of the molecule is CCCCN(CCN)S(=O)(=O)CCC. The van der Waals surface area contributed by atoms with Crippen molar-refractivity contribution < 1.29 is 8.42 Å². The molecular weight excluding hydrogens is 200 g/mol. The van der Waals surface area contributed by atoms with E-state index in [1.807, 2.05) is 13.8 Å². The van der Waals surface area contributed by atoms with E-state index in [4.69, 9.17) is 5.73 Å². The summed E-state index contributed by atoms with van der Waals surface area (Å²) in [5.74, 6) is 0.233. The van der Waals surface area contributed by atoms with Gasteiger partial charge in [-0.1, -0.05) is 20.3 Å². The van der Waals surface area contributed by atoms with E-state index in [1.165, 1.54) is 4.31 Å². The Bertz CT molecular complexity index is 227. The summed E-state index contributed by atoms with van der Waals surface area (Å²) in [7, 11) is -3.05. The van der Waals surface area contributed by atoms with E-state index in [2.05, 4.69) is 0 Å². The molecule has 0 atom stereocenters. The van der Waals surface area contributed by atoms with Gasteiger partial charge in [0, 0.05) is 19.6 Å². The van der Waals surface area contributed by atoms with Gasteiger partial charge in [0.15, 0.2) is 0 Å². The average molecular weight is 222 g/mol. The summed E-state index contributed by atoms with van der Waals surface area (Å²) in [4.78, 5) is 0. The summed E-state index contributed by atoms with van der Waals surface area (Å²) in [6.07, 6.45) is 2.57. The van der Waals surface area contributed by atoms with E-state index in [-0.39, 0.29) is 5.75 Å². The lowest BCUT2D eigenvalue weighted by Crippen LogP contribution is -2.37. The first-order valence-corrected chi connectivity index (χ1v) is 6.87. The van der Waals surface area contributed by atoms with Crippen molar-refractivity contribution in [3.63, 3.8) is 0 Å². The van der Waals surface area contributed by atoms with Crippen LogP contribution in [0.3, 0.4) is 0 Å². The van der Waals surface area contributed by atoms with Crippen molar-refractivity contribution in [2.45, 2.75) is 33.1 Å². The van der Waals surface area contributed by atoms with Gasteiger partial charge in [-0.3, -0.25) is 0 Å². The molecule has 0 saturated carbocycles. The van der Waals surface area contributed by atoms with Crippen molar-refractivity contribution >= 4 is 10.0 Å². The Balaban J connectivity index is 4.30. The summed E-state index contributed by atoms with van der Waals surface area (Å²) < 4.78 is 24.9. The highest BCUT2D eigenvalue weighted by atomic mass is 32.2. The molecule has 0 rings (SSSR count). The van der Waals surface area contributed by atoms with Gasteiger partial charge in [-0.05, 0) is 12.8 Å². The van der Waals surface area contributed by atoms with Crippen molar-refractivity contribution in [3.8, 4) is 0 Å². The first-order valence-electron chi connectivity index (χ1n) is 5.26. The van der Waals surface area contributed by atoms with Crippen LogP contribution in [0.4, 0.5) is 0 Å². The standard InChI is InChI=1S/C9H22N2O2S/c1-3-5-7-11(8-6-10)14(12,13)9-4-2/h3-10H2,1-2H3. The van der Waals surface area contributed by atoms with Gasteiger partial charge in [-0.15, -0.1) is 0 Å². The van der Waals surface area contributed by atoms with E-state index in [0.717, 1.165) is 12.8 Å². The van der Waals surface area contributed by atoms with Crippen molar-refractivity contribution in [1.82, 2.24) is 4.31 Å². The molecule has 2 N–H and O–H groups in total. The van der Waals surface area contributed by atoms with Gasteiger partial charge in [0.1, 0.15) is 0 Å². The van der Waals surface area contributed by atoms with Gasteiger partial charge in [0.05, 0.1) is 5.75 Å². The second kappa shape index (κ2) is 7.20. The van der Waals surface area contributed by atoms with Crippen LogP contribution >= 0.6 is 0 Å². The monoisotopic (exact) mass is 222 g/mol. The average Bonchev–Trinajstić information content (AvgIpc) is 2.11. The number of unbranched alkanes of at least 4 members (excludes halogenated alkanes) is 1. The lowest BCUT2D eigenvalue weighted by molar-refractivity contribution is 0.410. The predicted octanol–water partition coefficient (Wildman–Crippen LogP) is 0.787. The van der Waals surface area contributed by atoms with Gasteiger partial charge in [-0.2, -0.15) is 0 Å². The number of nitrogens with two attached hydrogens (primary N) is 1. The zero-order valence-electron chi connectivity index (χ0n) is 9.20. The van der Waals surface area contributed by atoms with E-state index < -0.39 is 10.0 Å². The minimum Gasteiger partial charge on any atom is -0.329 e. The summed E-state index contributed by atoms with van der Waals surface area (Å²) in [6.45, 7) is 5.37. The molecule has 0 aromatic carbocycles. The molecule has 0 amide bonds. The number of hydrogen-bond donors (Lipinski definition) is 1. The van der Waals surface area contributed by atoms with Crippen molar-refractivity contribution in [2.24, 2.45) is 5.73 Å². The molecule has 0 aromatic heterocycles. The maximum atomic E-state index is 11.7. The summed E-state index contributed by atoms with van der Waals surface area (Å²) >= 11 is 0. The minimum atomic E-state index is -3.05. The second-order valence-corrected chi connectivity index (χ2v) is 5.45. The van der Waals surface area contributed by atoms with Gasteiger partial charge in [0.2, 0.25) is 10.0 Å². The molecule has 4 nitrogen and oxygen atoms in total. The molecule has 0 heterocycles. The second-order valence-electron chi connectivity index (χ2n) is 3.36. The van der Waals surface area contributed by atoms with E-state index in [9.17, 15) is 8.42 Å². The van der Waals surface area contributed by atoms with Crippen LogP contribution in [0.15, 0.2) is 0 Å². The smallest absolute Gasteiger partial charge is 0.214 e. The van der Waals surface area contributed by atoms with Crippen molar-refractivity contribution in [2.75, 3.05) is 25.4 Å². The highest BCUT2D eigenvalue weighted by Crippen LogP contribution is 2.04. The van der Waals surface area contributed by atoms with Crippen LogP contribution in [0, 0.1) is 0 Å². The summed E-state index contributed by atoms with van der Waals surface area (Å²) in [5.41, 5.74) is 5.39. The first-order chi connectivity index (χ1) is 6.58. The zero-order valence-corrected chi connectivity index (χ0v) is 10.0. The molecule has 86 valence electrons. The Hall–Kier alpha value is -0.130. The van der Waals surface area contributed by atoms with Crippen molar-refractivity contribution in [1.29, 1.82) is 0 Å². The zero-order chi connectivity index (χ0) is 11.0. The van der Waals surface area contributed by atoms with Crippen LogP contribution in [-0.4, -0.2) is 38.1 Å². The maximum absolute atomic E-state index is 11.7. The third-order valence-corrected chi connectivity index (χ3v) is 4.07. The fourth-order valence-electron chi connectivity index (χ4n) is 1.26. The molecule has 14 heavy (non-hydrogen) atoms. The van der Waals surface area contributed by atoms with E-state index in [1.54, 1.807) is 0 Å². The molecule has 0 aliphatic carbocycles. The summed E-state index contributed by atoms with van der Waals surface area (Å²) in [6, 6.07) is 0. The van der Waals surface area contributed by atoms with Gasteiger partial charge < -0.3 is 5.73 Å². The van der Waals surface area contributed by atoms with Gasteiger partial charge in [0.25, 0.3) is 0 Å². The molecule has 0 bridgehead atoms. The van der Waals surface area contributed by atoms with Crippen LogP contribution in [0.5, 0.6) is 0 Å². The molecule has 0 saturated heterocycles. The third-order valence-electron chi connectivity index (χ3n) is 2.00. The van der Waals surface area contributed by atoms with E-state index >= 15 is 0 Å². The molecule has 0 aliphatic heterocycles. The van der Waals surface area contributed by atoms with Crippen molar-refractivity contribution in [3.05, 3.63) is 0 Å². The Morgan fingerprint density at radius 2 is 1.79 bits per heavy atom. The molecular formula is C9H22N2O2S. The first kappa shape index (κ1) is 13.9. The third kappa shape index (κ3) is 4.93. The molecule has 0 radical (unpaired) electrons. The quantitative estimate of drug-likeness (QED) is 0.660. The van der Waals surface area contributed by atoms with Crippen LogP contribution in [0.2, 0.25) is 0 Å². The molecule has 0 aliphatic rings. The number of hydrogen-bond acceptors (Lipinski definition) is 3. The maximum Gasteiger partial charge on any atom is 0.214 e. The number of rotatable bonds is 8. The van der Waals surface area contributed by atoms with Gasteiger partial charge >= 0.3 is 0 Å². The largest absolute Gasteiger partial charge is 0.329 e. The fourth-order valence-corrected chi connectivity index (χ4v) is 2.82. The highest BCUT2D eigenvalue weighted by molar-refractivity contribution is 7.89. The topological polar surface area (TPSA) is 63.4 Å². The van der Waals surface area contributed by atoms with Crippen LogP contribution in [0.1, 0.15) is 33.1 Å². The predicted molar refractivity (Wildman–Crippen MR) is 59.6 cm³/mol. The lowest BCUT2D eigenvalue weighted by atomic mass is 10.3.